The highest BCUT2D eigenvalue weighted by Crippen LogP contribution is 2.15. The van der Waals surface area contributed by atoms with Crippen LogP contribution in [0, 0.1) is 6.92 Å². The molecule has 0 aromatic carbocycles. The number of anilines is 2. The summed E-state index contributed by atoms with van der Waals surface area (Å²) in [5, 5.41) is 14.4. The highest BCUT2D eigenvalue weighted by Gasteiger charge is 2.03. The van der Waals surface area contributed by atoms with Crippen molar-refractivity contribution in [1.82, 2.24) is 10.2 Å². The maximum atomic E-state index is 5.28. The Morgan fingerprint density at radius 3 is 2.93 bits per heavy atom. The van der Waals surface area contributed by atoms with E-state index in [-0.39, 0.29) is 6.01 Å². The van der Waals surface area contributed by atoms with Crippen molar-refractivity contribution in [1.29, 1.82) is 0 Å². The van der Waals surface area contributed by atoms with Gasteiger partial charge in [-0.25, -0.2) is 0 Å². The molecule has 0 aliphatic carbocycles. The molecule has 0 aliphatic heterocycles. The van der Waals surface area contributed by atoms with E-state index in [1.807, 2.05) is 0 Å². The average molecular weight is 210 g/mol. The molecular weight excluding hydrogens is 200 g/mol. The molecule has 5 nitrogen and oxygen atoms in total. The van der Waals surface area contributed by atoms with E-state index in [1.165, 1.54) is 11.1 Å². The van der Waals surface area contributed by atoms with Crippen LogP contribution in [-0.2, 0) is 6.54 Å². The molecule has 0 aliphatic rings. The van der Waals surface area contributed by atoms with Crippen molar-refractivity contribution in [2.45, 2.75) is 13.5 Å². The standard InChI is InChI=1S/C8H10N4OS/c1-5-3-14-4-6(5)2-10-8-12-11-7(9)13-8/h3-4H,2H2,1H3,(H2,9,11)(H,10,12). The van der Waals surface area contributed by atoms with E-state index >= 15 is 0 Å². The van der Waals surface area contributed by atoms with Crippen molar-refractivity contribution >= 4 is 23.4 Å². The fourth-order valence-corrected chi connectivity index (χ4v) is 1.90. The first-order valence-electron chi connectivity index (χ1n) is 4.10. The number of hydrogen-bond acceptors (Lipinski definition) is 6. The smallest absolute Gasteiger partial charge is 0.317 e. The van der Waals surface area contributed by atoms with Crippen LogP contribution in [0.25, 0.3) is 0 Å². The number of aromatic nitrogens is 2. The molecule has 6 heteroatoms. The Morgan fingerprint density at radius 2 is 2.36 bits per heavy atom. The van der Waals surface area contributed by atoms with E-state index in [9.17, 15) is 0 Å². The van der Waals surface area contributed by atoms with Crippen LogP contribution in [-0.4, -0.2) is 10.2 Å². The van der Waals surface area contributed by atoms with Crippen LogP contribution in [0.15, 0.2) is 15.2 Å². The fraction of sp³-hybridized carbons (Fsp3) is 0.250. The maximum Gasteiger partial charge on any atom is 0.317 e. The Kier molecular flexibility index (Phi) is 2.36. The highest BCUT2D eigenvalue weighted by molar-refractivity contribution is 7.08. The zero-order valence-electron chi connectivity index (χ0n) is 7.65. The molecule has 0 saturated carbocycles. The molecule has 2 heterocycles. The molecule has 3 N–H and O–H groups in total. The second-order valence-corrected chi connectivity index (χ2v) is 3.62. The largest absolute Gasteiger partial charge is 0.390 e. The first-order chi connectivity index (χ1) is 6.75. The quantitative estimate of drug-likeness (QED) is 0.805. The Morgan fingerprint density at radius 1 is 1.50 bits per heavy atom. The number of nitrogens with zero attached hydrogens (tertiary/aromatic N) is 2. The molecule has 14 heavy (non-hydrogen) atoms. The number of aryl methyl sites for hydroxylation is 1. The van der Waals surface area contributed by atoms with Crippen LogP contribution < -0.4 is 11.1 Å². The molecule has 74 valence electrons. The molecule has 0 amide bonds. The van der Waals surface area contributed by atoms with E-state index in [4.69, 9.17) is 10.2 Å². The summed E-state index contributed by atoms with van der Waals surface area (Å²) in [6.45, 7) is 2.74. The van der Waals surface area contributed by atoms with E-state index in [0.717, 1.165) is 0 Å². The fourth-order valence-electron chi connectivity index (χ4n) is 1.04. The minimum Gasteiger partial charge on any atom is -0.390 e. The summed E-state index contributed by atoms with van der Waals surface area (Å²) in [6, 6.07) is 0.433. The Balaban J connectivity index is 1.98. The van der Waals surface area contributed by atoms with Gasteiger partial charge in [-0.3, -0.25) is 0 Å². The molecule has 0 spiro atoms. The first kappa shape index (κ1) is 9.01. The van der Waals surface area contributed by atoms with E-state index < -0.39 is 0 Å². The minimum absolute atomic E-state index is 0.0783. The van der Waals surface area contributed by atoms with Gasteiger partial charge in [0.2, 0.25) is 0 Å². The third-order valence-electron chi connectivity index (χ3n) is 1.83. The topological polar surface area (TPSA) is 77.0 Å². The molecule has 0 fully saturated rings. The van der Waals surface area contributed by atoms with Gasteiger partial charge in [-0.15, -0.1) is 0 Å². The molecular formula is C8H10N4OS. The molecule has 2 rings (SSSR count). The summed E-state index contributed by atoms with van der Waals surface area (Å²) in [7, 11) is 0. The van der Waals surface area contributed by atoms with Crippen LogP contribution in [0.4, 0.5) is 12.0 Å². The summed E-state index contributed by atoms with van der Waals surface area (Å²) in [5.74, 6) is 0. The van der Waals surface area contributed by atoms with Crippen molar-refractivity contribution in [2.24, 2.45) is 0 Å². The van der Waals surface area contributed by atoms with Crippen molar-refractivity contribution in [3.05, 3.63) is 21.9 Å². The second-order valence-electron chi connectivity index (χ2n) is 2.88. The van der Waals surface area contributed by atoms with Gasteiger partial charge in [-0.2, -0.15) is 11.3 Å². The predicted octanol–water partition coefficient (Wildman–Crippen LogP) is 1.63. The summed E-state index contributed by atoms with van der Waals surface area (Å²) < 4.78 is 4.97. The number of thiophene rings is 1. The van der Waals surface area contributed by atoms with Crippen molar-refractivity contribution in [3.8, 4) is 0 Å². The van der Waals surface area contributed by atoms with Crippen LogP contribution >= 0.6 is 11.3 Å². The molecule has 0 bridgehead atoms. The van der Waals surface area contributed by atoms with Crippen LogP contribution in [0.1, 0.15) is 11.1 Å². The summed E-state index contributed by atoms with van der Waals surface area (Å²) in [4.78, 5) is 0. The van der Waals surface area contributed by atoms with Gasteiger partial charge in [0, 0.05) is 6.54 Å². The molecule has 2 aromatic heterocycles. The van der Waals surface area contributed by atoms with Gasteiger partial charge in [-0.05, 0) is 28.8 Å². The van der Waals surface area contributed by atoms with Gasteiger partial charge in [0.25, 0.3) is 0 Å². The third-order valence-corrected chi connectivity index (χ3v) is 2.74. The first-order valence-corrected chi connectivity index (χ1v) is 5.04. The van der Waals surface area contributed by atoms with E-state index in [0.29, 0.717) is 12.6 Å². The Bertz CT molecular complexity index is 422. The summed E-state index contributed by atoms with van der Waals surface area (Å²) in [6.07, 6.45) is 0. The lowest BCUT2D eigenvalue weighted by Gasteiger charge is -1.99. The van der Waals surface area contributed by atoms with Gasteiger partial charge in [0.1, 0.15) is 0 Å². The normalized spacial score (nSPS) is 10.4. The number of nitrogens with one attached hydrogen (secondary N) is 1. The molecule has 0 radical (unpaired) electrons. The van der Waals surface area contributed by atoms with E-state index in [1.54, 1.807) is 11.3 Å². The zero-order chi connectivity index (χ0) is 9.97. The molecule has 0 saturated heterocycles. The zero-order valence-corrected chi connectivity index (χ0v) is 8.47. The van der Waals surface area contributed by atoms with Gasteiger partial charge in [-0.1, -0.05) is 10.2 Å². The summed E-state index contributed by atoms with van der Waals surface area (Å²) >= 11 is 1.68. The monoisotopic (exact) mass is 210 g/mol. The van der Waals surface area contributed by atoms with Gasteiger partial charge in [0.15, 0.2) is 0 Å². The van der Waals surface area contributed by atoms with Crippen molar-refractivity contribution in [3.63, 3.8) is 0 Å². The van der Waals surface area contributed by atoms with Crippen molar-refractivity contribution in [2.75, 3.05) is 11.1 Å². The van der Waals surface area contributed by atoms with Crippen LogP contribution in [0.3, 0.4) is 0 Å². The maximum absolute atomic E-state index is 5.28. The lowest BCUT2D eigenvalue weighted by Crippen LogP contribution is -1.99. The Hall–Kier alpha value is -1.56. The van der Waals surface area contributed by atoms with Gasteiger partial charge < -0.3 is 15.5 Å². The third kappa shape index (κ3) is 1.85. The molecule has 0 atom stereocenters. The predicted molar refractivity (Wildman–Crippen MR) is 55.1 cm³/mol. The van der Waals surface area contributed by atoms with Gasteiger partial charge >= 0.3 is 12.0 Å². The highest BCUT2D eigenvalue weighted by atomic mass is 32.1. The van der Waals surface area contributed by atoms with E-state index in [2.05, 4.69) is 33.2 Å². The SMILES string of the molecule is Cc1cscc1CNc1nnc(N)o1. The second kappa shape index (κ2) is 3.67. The lowest BCUT2D eigenvalue weighted by molar-refractivity contribution is 0.586. The number of hydrogen-bond donors (Lipinski definition) is 2. The molecule has 2 aromatic rings. The summed E-state index contributed by atoms with van der Waals surface area (Å²) in [5.41, 5.74) is 7.77. The minimum atomic E-state index is 0.0783. The lowest BCUT2D eigenvalue weighted by atomic mass is 10.2. The number of rotatable bonds is 3. The van der Waals surface area contributed by atoms with Crippen molar-refractivity contribution < 1.29 is 4.42 Å². The number of nitrogens with two attached hydrogens (primary N) is 1. The van der Waals surface area contributed by atoms with Gasteiger partial charge in [0.05, 0.1) is 0 Å². The molecule has 0 unspecified atom stereocenters. The van der Waals surface area contributed by atoms with Crippen LogP contribution in [0.2, 0.25) is 0 Å². The van der Waals surface area contributed by atoms with Crippen LogP contribution in [0.5, 0.6) is 0 Å². The Labute approximate surface area is 85.0 Å². The average Bonchev–Trinajstić information content (AvgIpc) is 2.72. The number of nitrogen functional groups attached to an aromatic ring is 1.